The van der Waals surface area contributed by atoms with Crippen molar-refractivity contribution in [2.75, 3.05) is 13.2 Å². The zero-order valence-electron chi connectivity index (χ0n) is 49.9. The number of hydrogen-bond donors (Lipinski definition) is 0. The van der Waals surface area contributed by atoms with Crippen LogP contribution < -0.4 is 0 Å². The summed E-state index contributed by atoms with van der Waals surface area (Å²) in [6.45, 7) is 6.60. The fourth-order valence-electron chi connectivity index (χ4n) is 9.99. The van der Waals surface area contributed by atoms with Crippen molar-refractivity contribution in [1.82, 2.24) is 0 Å². The Balaban J connectivity index is 4.31. The van der Waals surface area contributed by atoms with E-state index in [1.807, 2.05) is 0 Å². The van der Waals surface area contributed by atoms with Gasteiger partial charge in [0.1, 0.15) is 13.2 Å². The van der Waals surface area contributed by atoms with Crippen LogP contribution in [0.2, 0.25) is 0 Å². The van der Waals surface area contributed by atoms with Gasteiger partial charge in [-0.25, -0.2) is 0 Å². The number of allylic oxidation sites excluding steroid dienone is 6. The molecule has 6 nitrogen and oxygen atoms in total. The van der Waals surface area contributed by atoms with Gasteiger partial charge in [0.2, 0.25) is 0 Å². The lowest BCUT2D eigenvalue weighted by atomic mass is 10.0. The van der Waals surface area contributed by atoms with E-state index in [0.717, 1.165) is 83.5 Å². The normalized spacial score (nSPS) is 12.2. The highest BCUT2D eigenvalue weighted by Gasteiger charge is 2.19. The van der Waals surface area contributed by atoms with E-state index in [1.165, 1.54) is 238 Å². The molecule has 0 aliphatic rings. The topological polar surface area (TPSA) is 78.9 Å². The molecule has 434 valence electrons. The summed E-state index contributed by atoms with van der Waals surface area (Å²) in [6.07, 6.45) is 77.3. The Morgan fingerprint density at radius 1 is 0.284 bits per heavy atom. The second-order valence-electron chi connectivity index (χ2n) is 22.4. The third kappa shape index (κ3) is 60.5. The van der Waals surface area contributed by atoms with Crippen LogP contribution in [0.1, 0.15) is 361 Å². The SMILES string of the molecule is CC/C=C\C/C=C\C/C=C\CCCCCCCCCC(=O)OCC(COC(=O)CCCCCCCCCCCCCCCCCCCCCCC)OC(=O)CCCCCCCCCCCCCCCCCCCC. The Morgan fingerprint density at radius 3 is 0.824 bits per heavy atom. The molecule has 0 heterocycles. The minimum absolute atomic E-state index is 0.0694. The van der Waals surface area contributed by atoms with Gasteiger partial charge in [0, 0.05) is 19.3 Å². The van der Waals surface area contributed by atoms with Crippen LogP contribution in [0.15, 0.2) is 36.5 Å². The Hall–Kier alpha value is -2.37. The minimum atomic E-state index is -0.773. The molecule has 0 spiro atoms. The third-order valence-corrected chi connectivity index (χ3v) is 14.9. The van der Waals surface area contributed by atoms with Gasteiger partial charge in [0.05, 0.1) is 0 Å². The molecule has 0 aliphatic carbocycles. The van der Waals surface area contributed by atoms with E-state index in [2.05, 4.69) is 57.2 Å². The lowest BCUT2D eigenvalue weighted by Gasteiger charge is -2.18. The van der Waals surface area contributed by atoms with E-state index in [-0.39, 0.29) is 31.1 Å². The molecule has 0 aromatic rings. The van der Waals surface area contributed by atoms with Crippen LogP contribution in [0.3, 0.4) is 0 Å². The molecule has 0 aliphatic heterocycles. The predicted molar refractivity (Wildman–Crippen MR) is 321 cm³/mol. The van der Waals surface area contributed by atoms with Crippen LogP contribution in [-0.4, -0.2) is 37.2 Å². The van der Waals surface area contributed by atoms with Gasteiger partial charge in [-0.1, -0.05) is 327 Å². The highest BCUT2D eigenvalue weighted by Crippen LogP contribution is 2.18. The molecule has 1 unspecified atom stereocenters. The fraction of sp³-hybridized carbons (Fsp3) is 0.868. The summed E-state index contributed by atoms with van der Waals surface area (Å²) in [5.41, 5.74) is 0. The van der Waals surface area contributed by atoms with Gasteiger partial charge in [-0.15, -0.1) is 0 Å². The van der Waals surface area contributed by atoms with E-state index >= 15 is 0 Å². The maximum atomic E-state index is 12.9. The third-order valence-electron chi connectivity index (χ3n) is 14.9. The molecular weight excluding hydrogens is 913 g/mol. The van der Waals surface area contributed by atoms with Crippen LogP contribution in [0, 0.1) is 0 Å². The van der Waals surface area contributed by atoms with Crippen LogP contribution in [0.25, 0.3) is 0 Å². The summed E-state index contributed by atoms with van der Waals surface area (Å²) < 4.78 is 17.0. The molecule has 1 atom stereocenters. The summed E-state index contributed by atoms with van der Waals surface area (Å²) >= 11 is 0. The largest absolute Gasteiger partial charge is 0.462 e. The first-order chi connectivity index (χ1) is 36.5. The van der Waals surface area contributed by atoms with Crippen LogP contribution in [-0.2, 0) is 28.6 Å². The first kappa shape index (κ1) is 71.6. The summed E-state index contributed by atoms with van der Waals surface area (Å²) in [5.74, 6) is -0.851. The van der Waals surface area contributed by atoms with E-state index in [0.29, 0.717) is 19.3 Å². The van der Waals surface area contributed by atoms with Gasteiger partial charge >= 0.3 is 17.9 Å². The molecule has 0 amide bonds. The average Bonchev–Trinajstić information content (AvgIpc) is 3.40. The molecule has 0 saturated heterocycles. The Morgan fingerprint density at radius 2 is 0.527 bits per heavy atom. The van der Waals surface area contributed by atoms with Gasteiger partial charge in [0.15, 0.2) is 6.10 Å². The van der Waals surface area contributed by atoms with Crippen molar-refractivity contribution in [3.8, 4) is 0 Å². The Kier molecular flexibility index (Phi) is 61.1. The van der Waals surface area contributed by atoms with E-state index in [9.17, 15) is 14.4 Å². The smallest absolute Gasteiger partial charge is 0.306 e. The molecule has 0 aromatic carbocycles. The van der Waals surface area contributed by atoms with Crippen molar-refractivity contribution in [2.24, 2.45) is 0 Å². The average molecular weight is 1040 g/mol. The number of hydrogen-bond acceptors (Lipinski definition) is 6. The lowest BCUT2D eigenvalue weighted by molar-refractivity contribution is -0.167. The number of unbranched alkanes of at least 4 members (excludes halogenated alkanes) is 44. The predicted octanol–water partition coefficient (Wildman–Crippen LogP) is 22.4. The molecular formula is C68H126O6. The molecule has 0 bridgehead atoms. The Labute approximate surface area is 461 Å². The highest BCUT2D eigenvalue weighted by molar-refractivity contribution is 5.71. The molecule has 0 aromatic heterocycles. The summed E-state index contributed by atoms with van der Waals surface area (Å²) in [4.78, 5) is 38.4. The number of carbonyl (C=O) groups excluding carboxylic acids is 3. The maximum absolute atomic E-state index is 12.9. The Bertz CT molecular complexity index is 1240. The van der Waals surface area contributed by atoms with Crippen molar-refractivity contribution in [2.45, 2.75) is 367 Å². The summed E-state index contributed by atoms with van der Waals surface area (Å²) in [5, 5.41) is 0. The molecule has 0 rings (SSSR count). The zero-order chi connectivity index (χ0) is 53.6. The van der Waals surface area contributed by atoms with Gasteiger partial charge in [-0.3, -0.25) is 14.4 Å². The van der Waals surface area contributed by atoms with Gasteiger partial charge in [-0.2, -0.15) is 0 Å². The van der Waals surface area contributed by atoms with Gasteiger partial charge < -0.3 is 14.2 Å². The second-order valence-corrected chi connectivity index (χ2v) is 22.4. The second kappa shape index (κ2) is 63.2. The zero-order valence-corrected chi connectivity index (χ0v) is 49.9. The molecule has 74 heavy (non-hydrogen) atoms. The van der Waals surface area contributed by atoms with E-state index in [1.54, 1.807) is 0 Å². The summed E-state index contributed by atoms with van der Waals surface area (Å²) in [6, 6.07) is 0. The quantitative estimate of drug-likeness (QED) is 0.0261. The van der Waals surface area contributed by atoms with E-state index < -0.39 is 6.10 Å². The maximum Gasteiger partial charge on any atom is 0.306 e. The molecule has 0 radical (unpaired) electrons. The van der Waals surface area contributed by atoms with Gasteiger partial charge in [0.25, 0.3) is 0 Å². The lowest BCUT2D eigenvalue weighted by Crippen LogP contribution is -2.30. The van der Waals surface area contributed by atoms with Crippen molar-refractivity contribution < 1.29 is 28.6 Å². The van der Waals surface area contributed by atoms with Crippen LogP contribution >= 0.6 is 0 Å². The minimum Gasteiger partial charge on any atom is -0.462 e. The summed E-state index contributed by atoms with van der Waals surface area (Å²) in [7, 11) is 0. The van der Waals surface area contributed by atoms with Crippen LogP contribution in [0.4, 0.5) is 0 Å². The molecule has 0 N–H and O–H groups in total. The van der Waals surface area contributed by atoms with Crippen molar-refractivity contribution in [1.29, 1.82) is 0 Å². The van der Waals surface area contributed by atoms with E-state index in [4.69, 9.17) is 14.2 Å². The number of carbonyl (C=O) groups is 3. The first-order valence-electron chi connectivity index (χ1n) is 33.0. The monoisotopic (exact) mass is 1040 g/mol. The molecule has 6 heteroatoms. The van der Waals surface area contributed by atoms with Crippen molar-refractivity contribution in [3.05, 3.63) is 36.5 Å². The standard InChI is InChI=1S/C68H126O6/c1-4-7-10-13-16-19-22-25-28-31-33-34-35-38-40-43-46-49-52-55-58-61-67(70)73-64-65(63-72-66(69)60-57-54-51-48-45-42-39-36-30-27-24-21-18-15-12-9-6-3)74-68(71)62-59-56-53-50-47-44-41-37-32-29-26-23-20-17-14-11-8-5-2/h9,12,18,21,27,30,65H,4-8,10-11,13-17,19-20,22-26,28-29,31-64H2,1-3H3/b12-9-,21-18-,30-27-. The number of rotatable bonds is 61. The van der Waals surface area contributed by atoms with Crippen LogP contribution in [0.5, 0.6) is 0 Å². The van der Waals surface area contributed by atoms with Crippen molar-refractivity contribution >= 4 is 17.9 Å². The first-order valence-corrected chi connectivity index (χ1v) is 33.0. The molecule has 0 saturated carbocycles. The fourth-order valence-corrected chi connectivity index (χ4v) is 9.99. The van der Waals surface area contributed by atoms with Gasteiger partial charge in [-0.05, 0) is 51.4 Å². The number of ether oxygens (including phenoxy) is 3. The highest BCUT2D eigenvalue weighted by atomic mass is 16.6. The number of esters is 3. The molecule has 0 fully saturated rings. The van der Waals surface area contributed by atoms with Crippen molar-refractivity contribution in [3.63, 3.8) is 0 Å².